The Morgan fingerprint density at radius 3 is 2.57 bits per heavy atom. The number of carbonyl (C=O) groups is 2. The number of urea groups is 1. The first kappa shape index (κ1) is 15.8. The van der Waals surface area contributed by atoms with Crippen LogP contribution in [0.25, 0.3) is 0 Å². The van der Waals surface area contributed by atoms with Crippen LogP contribution in [0.15, 0.2) is 12.2 Å². The Kier molecular flexibility index (Phi) is 5.58. The number of hydrogen-bond acceptors (Lipinski definition) is 4. The van der Waals surface area contributed by atoms with Gasteiger partial charge in [-0.3, -0.25) is 4.79 Å². The van der Waals surface area contributed by atoms with Crippen LogP contribution in [0.1, 0.15) is 19.3 Å². The van der Waals surface area contributed by atoms with Gasteiger partial charge in [0.2, 0.25) is 0 Å². The molecule has 2 amide bonds. The van der Waals surface area contributed by atoms with Crippen molar-refractivity contribution in [2.45, 2.75) is 31.4 Å². The number of nitrogens with one attached hydrogen (secondary N) is 1. The van der Waals surface area contributed by atoms with Gasteiger partial charge in [0.1, 0.15) is 0 Å². The minimum atomic E-state index is -0.857. The molecule has 2 atom stereocenters. The molecular formula is C14H22N2O5. The summed E-state index contributed by atoms with van der Waals surface area (Å²) in [5.41, 5.74) is 0. The van der Waals surface area contributed by atoms with E-state index in [9.17, 15) is 9.59 Å². The van der Waals surface area contributed by atoms with Gasteiger partial charge in [-0.25, -0.2) is 4.79 Å². The number of likely N-dealkylation sites (tertiary alicyclic amines) is 1. The van der Waals surface area contributed by atoms with Crippen LogP contribution in [0, 0.1) is 5.92 Å². The van der Waals surface area contributed by atoms with Gasteiger partial charge in [-0.2, -0.15) is 0 Å². The molecule has 3 N–H and O–H groups in total. The summed E-state index contributed by atoms with van der Waals surface area (Å²) < 4.78 is 5.45. The zero-order chi connectivity index (χ0) is 15.2. The molecule has 1 aliphatic heterocycles. The fourth-order valence-corrected chi connectivity index (χ4v) is 2.68. The molecule has 1 heterocycles. The minimum absolute atomic E-state index is 0.0134. The average molecular weight is 298 g/mol. The van der Waals surface area contributed by atoms with Gasteiger partial charge in [-0.05, 0) is 19.3 Å². The van der Waals surface area contributed by atoms with Crippen molar-refractivity contribution >= 4 is 12.0 Å². The van der Waals surface area contributed by atoms with Crippen molar-refractivity contribution in [1.29, 1.82) is 0 Å². The van der Waals surface area contributed by atoms with E-state index in [1.165, 1.54) is 0 Å². The summed E-state index contributed by atoms with van der Waals surface area (Å²) in [7, 11) is 0. The number of nitrogens with zero attached hydrogens (tertiary/aromatic N) is 1. The molecule has 0 saturated carbocycles. The van der Waals surface area contributed by atoms with Crippen molar-refractivity contribution in [2.75, 3.05) is 26.3 Å². The molecule has 118 valence electrons. The van der Waals surface area contributed by atoms with Crippen molar-refractivity contribution in [3.8, 4) is 0 Å². The molecule has 1 saturated heterocycles. The standard InChI is InChI=1S/C14H22N2O5/c17-7-8-21-12-3-5-16(6-4-12)14(20)15-11-2-1-10(9-11)13(18)19/h1-2,10-12,17H,3-9H2,(H,15,20)(H,18,19). The van der Waals surface area contributed by atoms with E-state index in [0.717, 1.165) is 12.8 Å². The number of ether oxygens (including phenoxy) is 1. The van der Waals surface area contributed by atoms with Crippen LogP contribution >= 0.6 is 0 Å². The third-order valence-electron chi connectivity index (χ3n) is 3.88. The molecule has 0 bridgehead atoms. The lowest BCUT2D eigenvalue weighted by Gasteiger charge is -2.32. The topological polar surface area (TPSA) is 99.1 Å². The lowest BCUT2D eigenvalue weighted by molar-refractivity contribution is -0.140. The van der Waals surface area contributed by atoms with Crippen LogP contribution in [-0.4, -0.2) is 65.6 Å². The highest BCUT2D eigenvalue weighted by atomic mass is 16.5. The van der Waals surface area contributed by atoms with E-state index in [1.807, 2.05) is 0 Å². The summed E-state index contributed by atoms with van der Waals surface area (Å²) in [5, 5.41) is 20.5. The smallest absolute Gasteiger partial charge is 0.317 e. The van der Waals surface area contributed by atoms with Gasteiger partial charge in [-0.1, -0.05) is 12.2 Å². The lowest BCUT2D eigenvalue weighted by atomic mass is 10.1. The van der Waals surface area contributed by atoms with Crippen molar-refractivity contribution in [1.82, 2.24) is 10.2 Å². The molecule has 0 aromatic carbocycles. The molecule has 0 spiro atoms. The van der Waals surface area contributed by atoms with Gasteiger partial charge in [0.15, 0.2) is 0 Å². The number of rotatable bonds is 5. The number of hydrogen-bond donors (Lipinski definition) is 3. The maximum Gasteiger partial charge on any atom is 0.317 e. The van der Waals surface area contributed by atoms with Gasteiger partial charge < -0.3 is 25.2 Å². The van der Waals surface area contributed by atoms with E-state index in [2.05, 4.69) is 5.32 Å². The molecule has 2 rings (SSSR count). The number of amides is 2. The predicted molar refractivity (Wildman–Crippen MR) is 74.8 cm³/mol. The summed E-state index contributed by atoms with van der Waals surface area (Å²) in [5.74, 6) is -1.36. The normalized spacial score (nSPS) is 26.0. The van der Waals surface area contributed by atoms with Crippen molar-refractivity contribution < 1.29 is 24.5 Å². The maximum absolute atomic E-state index is 12.1. The molecule has 0 radical (unpaired) electrons. The van der Waals surface area contributed by atoms with E-state index >= 15 is 0 Å². The highest BCUT2D eigenvalue weighted by Crippen LogP contribution is 2.19. The molecule has 2 unspecified atom stereocenters. The Labute approximate surface area is 123 Å². The third-order valence-corrected chi connectivity index (χ3v) is 3.88. The molecule has 0 aromatic heterocycles. The Morgan fingerprint density at radius 1 is 1.29 bits per heavy atom. The maximum atomic E-state index is 12.1. The molecule has 1 fully saturated rings. The van der Waals surface area contributed by atoms with Crippen LogP contribution in [-0.2, 0) is 9.53 Å². The van der Waals surface area contributed by atoms with E-state index in [0.29, 0.717) is 26.1 Å². The summed E-state index contributed by atoms with van der Waals surface area (Å²) in [6.07, 6.45) is 5.40. The Bertz CT molecular complexity index is 404. The summed E-state index contributed by atoms with van der Waals surface area (Å²) in [6, 6.07) is -0.363. The van der Waals surface area contributed by atoms with E-state index in [1.54, 1.807) is 17.1 Å². The number of aliphatic carboxylic acids is 1. The Balaban J connectivity index is 1.71. The van der Waals surface area contributed by atoms with Crippen molar-refractivity contribution in [3.05, 3.63) is 12.2 Å². The fraction of sp³-hybridized carbons (Fsp3) is 0.714. The first-order chi connectivity index (χ1) is 10.1. The van der Waals surface area contributed by atoms with Gasteiger partial charge in [0.25, 0.3) is 0 Å². The minimum Gasteiger partial charge on any atom is -0.481 e. The van der Waals surface area contributed by atoms with E-state index in [4.69, 9.17) is 14.9 Å². The zero-order valence-corrected chi connectivity index (χ0v) is 11.9. The zero-order valence-electron chi connectivity index (χ0n) is 11.9. The first-order valence-electron chi connectivity index (χ1n) is 7.29. The van der Waals surface area contributed by atoms with Gasteiger partial charge >= 0.3 is 12.0 Å². The number of carbonyl (C=O) groups excluding carboxylic acids is 1. The van der Waals surface area contributed by atoms with Crippen LogP contribution in [0.3, 0.4) is 0 Å². The third kappa shape index (κ3) is 4.44. The van der Waals surface area contributed by atoms with Crippen LogP contribution in [0.2, 0.25) is 0 Å². The number of carboxylic acids is 1. The van der Waals surface area contributed by atoms with Crippen LogP contribution < -0.4 is 5.32 Å². The second-order valence-electron chi connectivity index (χ2n) is 5.40. The number of carboxylic acid groups (broad SMARTS) is 1. The summed E-state index contributed by atoms with van der Waals surface area (Å²) in [6.45, 7) is 1.57. The van der Waals surface area contributed by atoms with E-state index < -0.39 is 11.9 Å². The highest BCUT2D eigenvalue weighted by molar-refractivity contribution is 5.76. The monoisotopic (exact) mass is 298 g/mol. The predicted octanol–water partition coefficient (Wildman–Crippen LogP) is 0.199. The first-order valence-corrected chi connectivity index (χ1v) is 7.29. The Hall–Kier alpha value is -1.60. The fourth-order valence-electron chi connectivity index (χ4n) is 2.68. The van der Waals surface area contributed by atoms with Gasteiger partial charge in [0.05, 0.1) is 31.3 Å². The molecule has 2 aliphatic rings. The molecule has 1 aliphatic carbocycles. The van der Waals surface area contributed by atoms with Crippen LogP contribution in [0.5, 0.6) is 0 Å². The summed E-state index contributed by atoms with van der Waals surface area (Å²) >= 11 is 0. The quantitative estimate of drug-likeness (QED) is 0.630. The molecule has 7 heteroatoms. The van der Waals surface area contributed by atoms with Gasteiger partial charge in [-0.15, -0.1) is 0 Å². The Morgan fingerprint density at radius 2 is 2.00 bits per heavy atom. The number of aliphatic hydroxyl groups is 1. The lowest BCUT2D eigenvalue weighted by Crippen LogP contribution is -2.48. The largest absolute Gasteiger partial charge is 0.481 e. The van der Waals surface area contributed by atoms with Crippen molar-refractivity contribution in [2.24, 2.45) is 5.92 Å². The molecule has 0 aromatic rings. The SMILES string of the molecule is O=C(O)C1C=CC(NC(=O)N2CCC(OCCO)CC2)C1. The number of aliphatic hydroxyl groups excluding tert-OH is 1. The second-order valence-corrected chi connectivity index (χ2v) is 5.40. The molecular weight excluding hydrogens is 276 g/mol. The number of piperidine rings is 1. The average Bonchev–Trinajstić information content (AvgIpc) is 2.94. The van der Waals surface area contributed by atoms with Crippen molar-refractivity contribution in [3.63, 3.8) is 0 Å². The summed E-state index contributed by atoms with van der Waals surface area (Å²) in [4.78, 5) is 24.7. The van der Waals surface area contributed by atoms with E-state index in [-0.39, 0.29) is 24.8 Å². The molecule has 21 heavy (non-hydrogen) atoms. The van der Waals surface area contributed by atoms with Crippen LogP contribution in [0.4, 0.5) is 4.79 Å². The molecule has 7 nitrogen and oxygen atoms in total. The van der Waals surface area contributed by atoms with Gasteiger partial charge in [0, 0.05) is 13.1 Å². The highest BCUT2D eigenvalue weighted by Gasteiger charge is 2.28. The second kappa shape index (κ2) is 7.42.